The zero-order valence-corrected chi connectivity index (χ0v) is 24.0. The summed E-state index contributed by atoms with van der Waals surface area (Å²) in [4.78, 5) is 16.9. The predicted molar refractivity (Wildman–Crippen MR) is 155 cm³/mol. The summed E-state index contributed by atoms with van der Waals surface area (Å²) < 4.78 is 5.75. The summed E-state index contributed by atoms with van der Waals surface area (Å²) in [6.45, 7) is 5.10. The molecule has 2 N–H and O–H groups in total. The molecule has 0 bridgehead atoms. The van der Waals surface area contributed by atoms with E-state index in [1.54, 1.807) is 7.11 Å². The van der Waals surface area contributed by atoms with E-state index in [1.165, 1.54) is 37.7 Å². The first-order valence-electron chi connectivity index (χ1n) is 14.5. The molecule has 0 radical (unpaired) electrons. The number of likely N-dealkylation sites (tertiary alicyclic amines) is 1. The Morgan fingerprint density at radius 2 is 1.89 bits per heavy atom. The number of benzene rings is 2. The van der Waals surface area contributed by atoms with Gasteiger partial charge in [0.25, 0.3) is 0 Å². The van der Waals surface area contributed by atoms with Gasteiger partial charge in [-0.3, -0.25) is 4.79 Å². The second-order valence-corrected chi connectivity index (χ2v) is 12.3. The Morgan fingerprint density at radius 1 is 1.13 bits per heavy atom. The van der Waals surface area contributed by atoms with Gasteiger partial charge >= 0.3 is 0 Å². The van der Waals surface area contributed by atoms with Crippen LogP contribution in [0.3, 0.4) is 0 Å². The molecule has 4 atom stereocenters. The molecule has 0 spiro atoms. The van der Waals surface area contributed by atoms with E-state index < -0.39 is 5.41 Å². The van der Waals surface area contributed by atoms with Gasteiger partial charge in [-0.25, -0.2) is 0 Å². The second-order valence-electron chi connectivity index (χ2n) is 11.9. The van der Waals surface area contributed by atoms with E-state index in [0.29, 0.717) is 41.9 Å². The molecular formula is C32H44ClN3O2. The van der Waals surface area contributed by atoms with E-state index in [1.807, 2.05) is 19.2 Å². The van der Waals surface area contributed by atoms with Crippen molar-refractivity contribution in [1.29, 1.82) is 0 Å². The van der Waals surface area contributed by atoms with Gasteiger partial charge in [-0.2, -0.15) is 0 Å². The van der Waals surface area contributed by atoms with Crippen molar-refractivity contribution in [2.24, 2.45) is 11.8 Å². The topological polar surface area (TPSA) is 53.6 Å². The summed E-state index contributed by atoms with van der Waals surface area (Å²) in [5, 5.41) is 7.58. The lowest BCUT2D eigenvalue weighted by Crippen LogP contribution is -2.54. The lowest BCUT2D eigenvalue weighted by Gasteiger charge is -2.47. The van der Waals surface area contributed by atoms with Gasteiger partial charge in [0, 0.05) is 48.2 Å². The highest BCUT2D eigenvalue weighted by Crippen LogP contribution is 2.46. The van der Waals surface area contributed by atoms with Gasteiger partial charge in [-0.15, -0.1) is 0 Å². The smallest absolute Gasteiger partial charge is 0.228 e. The van der Waals surface area contributed by atoms with Gasteiger partial charge < -0.3 is 20.3 Å². The first-order valence-corrected chi connectivity index (χ1v) is 14.9. The molecule has 38 heavy (non-hydrogen) atoms. The monoisotopic (exact) mass is 537 g/mol. The lowest BCUT2D eigenvalue weighted by atomic mass is 9.70. The van der Waals surface area contributed by atoms with Gasteiger partial charge in [0.2, 0.25) is 5.91 Å². The average molecular weight is 538 g/mol. The molecule has 2 aromatic carbocycles. The number of carbonyl (C=O) groups is 1. The van der Waals surface area contributed by atoms with Crippen molar-refractivity contribution in [3.05, 3.63) is 64.2 Å². The first-order chi connectivity index (χ1) is 18.5. The minimum atomic E-state index is -0.414. The molecule has 6 heteroatoms. The average Bonchev–Trinajstić information content (AvgIpc) is 3.35. The summed E-state index contributed by atoms with van der Waals surface area (Å²) in [5.41, 5.74) is 3.11. The van der Waals surface area contributed by atoms with Crippen molar-refractivity contribution in [1.82, 2.24) is 15.5 Å². The van der Waals surface area contributed by atoms with Gasteiger partial charge in [0.1, 0.15) is 5.75 Å². The second kappa shape index (κ2) is 12.0. The van der Waals surface area contributed by atoms with Gasteiger partial charge in [-0.1, -0.05) is 68.1 Å². The zero-order valence-electron chi connectivity index (χ0n) is 23.3. The molecule has 2 aliphatic heterocycles. The van der Waals surface area contributed by atoms with E-state index in [9.17, 15) is 4.79 Å². The molecule has 1 aliphatic carbocycles. The van der Waals surface area contributed by atoms with Crippen molar-refractivity contribution in [2.45, 2.75) is 75.8 Å². The molecule has 3 aliphatic rings. The minimum absolute atomic E-state index is 0.165. The van der Waals surface area contributed by atoms with Crippen LogP contribution in [0, 0.1) is 11.8 Å². The third-order valence-electron chi connectivity index (χ3n) is 9.66. The maximum atomic E-state index is 14.6. The number of hydrogen-bond acceptors (Lipinski definition) is 4. The van der Waals surface area contributed by atoms with Crippen LogP contribution < -0.4 is 15.4 Å². The number of carbonyl (C=O) groups excluding carboxylic acids is 1. The Bertz CT molecular complexity index is 1100. The molecule has 5 nitrogen and oxygen atoms in total. The number of rotatable bonds is 7. The minimum Gasteiger partial charge on any atom is -0.496 e. The molecule has 5 rings (SSSR count). The molecule has 206 valence electrons. The molecule has 0 aromatic heterocycles. The van der Waals surface area contributed by atoms with Crippen molar-refractivity contribution >= 4 is 17.5 Å². The summed E-state index contributed by atoms with van der Waals surface area (Å²) >= 11 is 6.92. The van der Waals surface area contributed by atoms with E-state index >= 15 is 0 Å². The van der Waals surface area contributed by atoms with Crippen LogP contribution in [0.2, 0.25) is 5.02 Å². The normalized spacial score (nSPS) is 28.4. The summed E-state index contributed by atoms with van der Waals surface area (Å²) in [6, 6.07) is 15.1. The Hall–Kier alpha value is -2.08. The maximum Gasteiger partial charge on any atom is 0.228 e. The molecule has 2 heterocycles. The zero-order chi connectivity index (χ0) is 26.7. The van der Waals surface area contributed by atoms with Crippen molar-refractivity contribution in [3.63, 3.8) is 0 Å². The van der Waals surface area contributed by atoms with Crippen molar-refractivity contribution < 1.29 is 9.53 Å². The maximum absolute atomic E-state index is 14.6. The van der Waals surface area contributed by atoms with Crippen molar-refractivity contribution in [3.8, 4) is 5.75 Å². The third kappa shape index (κ3) is 5.22. The van der Waals surface area contributed by atoms with Gasteiger partial charge in [0.05, 0.1) is 13.0 Å². The lowest BCUT2D eigenvalue weighted by molar-refractivity contribution is -0.142. The Labute approximate surface area is 233 Å². The summed E-state index contributed by atoms with van der Waals surface area (Å²) in [6.07, 6.45) is 8.48. The highest BCUT2D eigenvalue weighted by molar-refractivity contribution is 6.31. The van der Waals surface area contributed by atoms with Crippen LogP contribution in [0.15, 0.2) is 42.5 Å². The molecule has 4 unspecified atom stereocenters. The van der Waals surface area contributed by atoms with E-state index in [0.717, 1.165) is 42.8 Å². The molecular weight excluding hydrogens is 494 g/mol. The number of methoxy groups -OCH3 is 1. The van der Waals surface area contributed by atoms with E-state index in [4.69, 9.17) is 16.3 Å². The van der Waals surface area contributed by atoms with Crippen LogP contribution in [-0.2, 0) is 16.8 Å². The molecule has 2 saturated heterocycles. The fraction of sp³-hybridized carbons (Fsp3) is 0.594. The van der Waals surface area contributed by atoms with Crippen molar-refractivity contribution in [2.75, 3.05) is 33.8 Å². The van der Waals surface area contributed by atoms with Gasteiger partial charge in [-0.05, 0) is 67.8 Å². The standard InChI is InChI=1S/C32H44ClN3O2/c1-32(30-25(19-34-2)29(38-3)15-14-27(30)33)21-35-20-26(32)31(37)36-17-16-24(22-10-6-4-7-11-22)18-28(36)23-12-8-5-9-13-23/h4,6-7,10-11,14-15,23-24,26,28,34-35H,5,8-9,12-13,16-21H2,1-3H3. The fourth-order valence-corrected chi connectivity index (χ4v) is 8.07. The molecule has 3 fully saturated rings. The van der Waals surface area contributed by atoms with Crippen LogP contribution in [0.5, 0.6) is 5.75 Å². The predicted octanol–water partition coefficient (Wildman–Crippen LogP) is 5.90. The van der Waals surface area contributed by atoms with Crippen LogP contribution in [-0.4, -0.2) is 50.6 Å². The molecule has 1 saturated carbocycles. The third-order valence-corrected chi connectivity index (χ3v) is 9.98. The van der Waals surface area contributed by atoms with Crippen LogP contribution in [0.4, 0.5) is 0 Å². The summed E-state index contributed by atoms with van der Waals surface area (Å²) in [7, 11) is 3.64. The number of amides is 1. The van der Waals surface area contributed by atoms with Crippen LogP contribution in [0.25, 0.3) is 0 Å². The fourth-order valence-electron chi connectivity index (χ4n) is 7.67. The largest absolute Gasteiger partial charge is 0.496 e. The Kier molecular flexibility index (Phi) is 8.66. The number of halogens is 1. The SMILES string of the molecule is CNCc1c(OC)ccc(Cl)c1C1(C)CNCC1C(=O)N1CCC(c2ccccc2)CC1C1CCCCC1. The quantitative estimate of drug-likeness (QED) is 0.461. The van der Waals surface area contributed by atoms with E-state index in [-0.39, 0.29) is 5.92 Å². The van der Waals surface area contributed by atoms with Crippen LogP contribution in [0.1, 0.15) is 74.5 Å². The molecule has 1 amide bonds. The number of nitrogens with zero attached hydrogens (tertiary/aromatic N) is 1. The first kappa shape index (κ1) is 27.5. The highest BCUT2D eigenvalue weighted by Gasteiger charge is 2.50. The Balaban J connectivity index is 1.47. The number of nitrogens with one attached hydrogen (secondary N) is 2. The number of piperidine rings is 1. The Morgan fingerprint density at radius 3 is 2.61 bits per heavy atom. The molecule has 2 aromatic rings. The van der Waals surface area contributed by atoms with Gasteiger partial charge in [0.15, 0.2) is 0 Å². The number of ether oxygens (including phenoxy) is 1. The number of hydrogen-bond donors (Lipinski definition) is 2. The summed E-state index contributed by atoms with van der Waals surface area (Å²) in [5.74, 6) is 2.08. The highest BCUT2D eigenvalue weighted by atomic mass is 35.5. The van der Waals surface area contributed by atoms with Crippen LogP contribution >= 0.6 is 11.6 Å². The van der Waals surface area contributed by atoms with E-state index in [2.05, 4.69) is 52.8 Å².